The number of benzene rings is 2. The third-order valence-corrected chi connectivity index (χ3v) is 3.46. The average molecular weight is 290 g/mol. The molecule has 0 atom stereocenters. The van der Waals surface area contributed by atoms with Crippen LogP contribution in [0.15, 0.2) is 42.5 Å². The number of hydrogen-bond acceptors (Lipinski definition) is 3. The lowest BCUT2D eigenvalue weighted by Gasteiger charge is -2.22. The zero-order valence-corrected chi connectivity index (χ0v) is 11.9. The number of halogens is 1. The summed E-state index contributed by atoms with van der Waals surface area (Å²) in [5, 5.41) is 0.698. The van der Waals surface area contributed by atoms with E-state index in [0.29, 0.717) is 22.8 Å². The van der Waals surface area contributed by atoms with E-state index in [4.69, 9.17) is 23.1 Å². The topological polar surface area (TPSA) is 72.3 Å². The van der Waals surface area contributed by atoms with E-state index in [0.717, 1.165) is 11.3 Å². The molecule has 2 rings (SSSR count). The zero-order chi connectivity index (χ0) is 14.7. The predicted octanol–water partition coefficient (Wildman–Crippen LogP) is 2.66. The maximum Gasteiger partial charge on any atom is 0.248 e. The van der Waals surface area contributed by atoms with Gasteiger partial charge in [0.25, 0.3) is 0 Å². The Kier molecular flexibility index (Phi) is 4.15. The average Bonchev–Trinajstić information content (AvgIpc) is 2.41. The van der Waals surface area contributed by atoms with Crippen molar-refractivity contribution in [2.45, 2.75) is 6.54 Å². The molecular weight excluding hydrogens is 274 g/mol. The highest BCUT2D eigenvalue weighted by atomic mass is 35.5. The largest absolute Gasteiger partial charge is 0.397 e. The molecule has 0 aliphatic carbocycles. The molecular formula is C15H16ClN3O. The van der Waals surface area contributed by atoms with Gasteiger partial charge in [-0.2, -0.15) is 0 Å². The van der Waals surface area contributed by atoms with E-state index in [1.165, 1.54) is 0 Å². The third kappa shape index (κ3) is 3.03. The number of carbonyl (C=O) groups is 1. The van der Waals surface area contributed by atoms with Gasteiger partial charge in [-0.05, 0) is 29.8 Å². The van der Waals surface area contributed by atoms with Gasteiger partial charge in [-0.25, -0.2) is 0 Å². The number of carbonyl (C=O) groups excluding carboxylic acids is 1. The highest BCUT2D eigenvalue weighted by Crippen LogP contribution is 2.26. The minimum absolute atomic E-state index is 0.431. The van der Waals surface area contributed by atoms with Gasteiger partial charge in [0.1, 0.15) is 0 Å². The highest BCUT2D eigenvalue weighted by Gasteiger charge is 2.11. The van der Waals surface area contributed by atoms with Crippen molar-refractivity contribution >= 4 is 28.9 Å². The number of rotatable bonds is 4. The van der Waals surface area contributed by atoms with Crippen molar-refractivity contribution in [2.24, 2.45) is 5.73 Å². The number of nitrogen functional groups attached to an aromatic ring is 1. The molecule has 1 amide bonds. The summed E-state index contributed by atoms with van der Waals surface area (Å²) in [5.74, 6) is -0.475. The smallest absolute Gasteiger partial charge is 0.248 e. The highest BCUT2D eigenvalue weighted by molar-refractivity contribution is 6.31. The van der Waals surface area contributed by atoms with Crippen molar-refractivity contribution in [1.82, 2.24) is 0 Å². The van der Waals surface area contributed by atoms with Gasteiger partial charge in [-0.1, -0.05) is 29.8 Å². The van der Waals surface area contributed by atoms with Crippen molar-refractivity contribution < 1.29 is 4.79 Å². The molecule has 0 bridgehead atoms. The molecule has 2 aromatic rings. The summed E-state index contributed by atoms with van der Waals surface area (Å²) < 4.78 is 0. The molecule has 0 unspecified atom stereocenters. The molecule has 0 heterocycles. The summed E-state index contributed by atoms with van der Waals surface area (Å²) in [6.07, 6.45) is 0. The second-order valence-corrected chi connectivity index (χ2v) is 4.99. The molecule has 20 heavy (non-hydrogen) atoms. The molecule has 2 aromatic carbocycles. The van der Waals surface area contributed by atoms with E-state index in [-0.39, 0.29) is 0 Å². The fraction of sp³-hybridized carbons (Fsp3) is 0.133. The van der Waals surface area contributed by atoms with Gasteiger partial charge in [-0.3, -0.25) is 4.79 Å². The first-order valence-electron chi connectivity index (χ1n) is 6.13. The van der Waals surface area contributed by atoms with Crippen molar-refractivity contribution in [3.63, 3.8) is 0 Å². The normalized spacial score (nSPS) is 10.3. The third-order valence-electron chi connectivity index (χ3n) is 3.09. The number of amides is 1. The standard InChI is InChI=1S/C15H16ClN3O/c1-19(9-11-4-2-3-5-12(11)16)14-8-10(15(18)20)6-7-13(14)17/h2-8H,9,17H2,1H3,(H2,18,20). The quantitative estimate of drug-likeness (QED) is 0.850. The number of primary amides is 1. The van der Waals surface area contributed by atoms with Gasteiger partial charge in [-0.15, -0.1) is 0 Å². The Morgan fingerprint density at radius 1 is 1.25 bits per heavy atom. The molecule has 0 aliphatic heterocycles. The second-order valence-electron chi connectivity index (χ2n) is 4.59. The molecule has 0 fully saturated rings. The summed E-state index contributed by atoms with van der Waals surface area (Å²) in [4.78, 5) is 13.2. The van der Waals surface area contributed by atoms with Crippen molar-refractivity contribution in [2.75, 3.05) is 17.7 Å². The lowest BCUT2D eigenvalue weighted by Crippen LogP contribution is -2.19. The first-order chi connectivity index (χ1) is 9.49. The number of nitrogens with zero attached hydrogens (tertiary/aromatic N) is 1. The molecule has 4 nitrogen and oxygen atoms in total. The summed E-state index contributed by atoms with van der Waals surface area (Å²) >= 11 is 6.15. The molecule has 104 valence electrons. The maximum atomic E-state index is 11.2. The molecule has 0 saturated heterocycles. The van der Waals surface area contributed by atoms with E-state index < -0.39 is 5.91 Å². The van der Waals surface area contributed by atoms with Crippen LogP contribution in [0.2, 0.25) is 5.02 Å². The SMILES string of the molecule is CN(Cc1ccccc1Cl)c1cc(C(N)=O)ccc1N. The van der Waals surface area contributed by atoms with Crippen LogP contribution in [-0.4, -0.2) is 13.0 Å². The molecule has 5 heteroatoms. The minimum atomic E-state index is -0.475. The van der Waals surface area contributed by atoms with E-state index >= 15 is 0 Å². The Balaban J connectivity index is 2.29. The summed E-state index contributed by atoms with van der Waals surface area (Å²) in [7, 11) is 1.89. The monoisotopic (exact) mass is 289 g/mol. The van der Waals surface area contributed by atoms with Gasteiger partial charge < -0.3 is 16.4 Å². The van der Waals surface area contributed by atoms with Crippen LogP contribution < -0.4 is 16.4 Å². The maximum absolute atomic E-state index is 11.2. The molecule has 0 aliphatic rings. The number of hydrogen-bond donors (Lipinski definition) is 2. The Morgan fingerprint density at radius 3 is 2.60 bits per heavy atom. The lowest BCUT2D eigenvalue weighted by molar-refractivity contribution is 0.100. The molecule has 0 spiro atoms. The van der Waals surface area contributed by atoms with Crippen LogP contribution >= 0.6 is 11.6 Å². The van der Waals surface area contributed by atoms with Crippen LogP contribution in [0, 0.1) is 0 Å². The van der Waals surface area contributed by atoms with Gasteiger partial charge >= 0.3 is 0 Å². The van der Waals surface area contributed by atoms with Gasteiger partial charge in [0.05, 0.1) is 11.4 Å². The molecule has 0 radical (unpaired) electrons. The van der Waals surface area contributed by atoms with Crippen LogP contribution in [0.3, 0.4) is 0 Å². The zero-order valence-electron chi connectivity index (χ0n) is 11.1. The van der Waals surface area contributed by atoms with E-state index in [9.17, 15) is 4.79 Å². The molecule has 4 N–H and O–H groups in total. The van der Waals surface area contributed by atoms with Crippen LogP contribution in [0.1, 0.15) is 15.9 Å². The Labute approximate surface area is 122 Å². The Hall–Kier alpha value is -2.20. The van der Waals surface area contributed by atoms with Gasteiger partial charge in [0.15, 0.2) is 0 Å². The number of anilines is 2. The molecule has 0 aromatic heterocycles. The van der Waals surface area contributed by atoms with Gasteiger partial charge in [0, 0.05) is 24.2 Å². The first kappa shape index (κ1) is 14.2. The van der Waals surface area contributed by atoms with Crippen molar-refractivity contribution in [3.8, 4) is 0 Å². The Bertz CT molecular complexity index is 643. The lowest BCUT2D eigenvalue weighted by atomic mass is 10.1. The van der Waals surface area contributed by atoms with Crippen LogP contribution in [0.4, 0.5) is 11.4 Å². The molecule has 0 saturated carbocycles. The van der Waals surface area contributed by atoms with E-state index in [1.54, 1.807) is 18.2 Å². The van der Waals surface area contributed by atoms with Gasteiger partial charge in [0.2, 0.25) is 5.91 Å². The van der Waals surface area contributed by atoms with Crippen LogP contribution in [0.5, 0.6) is 0 Å². The second kappa shape index (κ2) is 5.84. The Morgan fingerprint density at radius 2 is 1.95 bits per heavy atom. The first-order valence-corrected chi connectivity index (χ1v) is 6.50. The van der Waals surface area contributed by atoms with Crippen LogP contribution in [-0.2, 0) is 6.54 Å². The fourth-order valence-corrected chi connectivity index (χ4v) is 2.19. The fourth-order valence-electron chi connectivity index (χ4n) is 1.99. The number of nitrogens with two attached hydrogens (primary N) is 2. The predicted molar refractivity (Wildman–Crippen MR) is 82.9 cm³/mol. The summed E-state index contributed by atoms with van der Waals surface area (Å²) in [6, 6.07) is 12.6. The van der Waals surface area contributed by atoms with E-state index in [2.05, 4.69) is 0 Å². The van der Waals surface area contributed by atoms with E-state index in [1.807, 2.05) is 36.2 Å². The minimum Gasteiger partial charge on any atom is -0.397 e. The van der Waals surface area contributed by atoms with Crippen molar-refractivity contribution in [1.29, 1.82) is 0 Å². The summed E-state index contributed by atoms with van der Waals surface area (Å²) in [6.45, 7) is 0.589. The van der Waals surface area contributed by atoms with Crippen molar-refractivity contribution in [3.05, 3.63) is 58.6 Å². The van der Waals surface area contributed by atoms with Crippen LogP contribution in [0.25, 0.3) is 0 Å². The summed E-state index contributed by atoms with van der Waals surface area (Å²) in [5.41, 5.74) is 14.0.